The third kappa shape index (κ3) is 6.28. The first-order valence-electron chi connectivity index (χ1n) is 8.10. The Morgan fingerprint density at radius 2 is 1.64 bits per heavy atom. The van der Waals surface area contributed by atoms with Crippen molar-refractivity contribution in [1.29, 1.82) is 5.26 Å². The molecule has 22 heavy (non-hydrogen) atoms. The van der Waals surface area contributed by atoms with Crippen LogP contribution in [0, 0.1) is 11.3 Å². The second-order valence-corrected chi connectivity index (χ2v) is 7.73. The largest absolute Gasteiger partial charge is 0.500 e. The van der Waals surface area contributed by atoms with Crippen LogP contribution in [0.2, 0.25) is 6.04 Å². The molecule has 122 valence electrons. The van der Waals surface area contributed by atoms with Crippen molar-refractivity contribution in [2.45, 2.75) is 46.1 Å². The Labute approximate surface area is 135 Å². The van der Waals surface area contributed by atoms with Gasteiger partial charge in [-0.2, -0.15) is 5.26 Å². The number of unbranched alkanes of at least 4 members (excludes halogenated alkanes) is 1. The van der Waals surface area contributed by atoms with Gasteiger partial charge in [0.2, 0.25) is 0 Å². The number of rotatable bonds is 11. The van der Waals surface area contributed by atoms with Crippen molar-refractivity contribution in [2.24, 2.45) is 0 Å². The molecule has 0 heterocycles. The van der Waals surface area contributed by atoms with Gasteiger partial charge in [0.05, 0.1) is 11.6 Å². The fraction of sp³-hybridized carbons (Fsp3) is 0.588. The van der Waals surface area contributed by atoms with Gasteiger partial charge in [0.1, 0.15) is 0 Å². The van der Waals surface area contributed by atoms with E-state index in [9.17, 15) is 0 Å². The topological polar surface area (TPSA) is 51.5 Å². The summed E-state index contributed by atoms with van der Waals surface area (Å²) >= 11 is 0. The van der Waals surface area contributed by atoms with E-state index >= 15 is 0 Å². The number of hydrogen-bond acceptors (Lipinski definition) is 4. The predicted octanol–water partition coefficient (Wildman–Crippen LogP) is 3.93. The Bertz CT molecular complexity index is 456. The van der Waals surface area contributed by atoms with Crippen LogP contribution >= 0.6 is 0 Å². The van der Waals surface area contributed by atoms with E-state index in [1.165, 1.54) is 5.56 Å². The van der Waals surface area contributed by atoms with Crippen LogP contribution in [0.1, 0.15) is 44.7 Å². The van der Waals surface area contributed by atoms with Gasteiger partial charge in [-0.05, 0) is 57.7 Å². The lowest BCUT2D eigenvalue weighted by Crippen LogP contribution is -2.45. The Hall–Kier alpha value is -1.19. The monoisotopic (exact) mass is 321 g/mol. The van der Waals surface area contributed by atoms with Crippen LogP contribution in [0.3, 0.4) is 0 Å². The summed E-state index contributed by atoms with van der Waals surface area (Å²) < 4.78 is 17.6. The average Bonchev–Trinajstić information content (AvgIpc) is 2.53. The van der Waals surface area contributed by atoms with Crippen molar-refractivity contribution in [3.05, 3.63) is 35.4 Å². The number of aryl methyl sites for hydroxylation is 1. The summed E-state index contributed by atoms with van der Waals surface area (Å²) in [5.41, 5.74) is 1.93. The smallest absolute Gasteiger partial charge is 0.374 e. The van der Waals surface area contributed by atoms with E-state index in [2.05, 4.69) is 12.1 Å². The van der Waals surface area contributed by atoms with Gasteiger partial charge in [-0.15, -0.1) is 0 Å². The molecule has 1 aromatic rings. The highest BCUT2D eigenvalue weighted by atomic mass is 28.4. The molecule has 0 N–H and O–H groups in total. The van der Waals surface area contributed by atoms with Gasteiger partial charge < -0.3 is 13.3 Å². The Morgan fingerprint density at radius 1 is 1.00 bits per heavy atom. The molecule has 0 aliphatic carbocycles. The van der Waals surface area contributed by atoms with Crippen LogP contribution in [-0.4, -0.2) is 28.6 Å². The molecule has 1 aromatic carbocycles. The summed E-state index contributed by atoms with van der Waals surface area (Å²) in [6, 6.07) is 10.8. The summed E-state index contributed by atoms with van der Waals surface area (Å²) in [7, 11) is -2.50. The van der Waals surface area contributed by atoms with Crippen molar-refractivity contribution in [2.75, 3.05) is 19.8 Å². The molecule has 0 aliphatic rings. The zero-order valence-electron chi connectivity index (χ0n) is 13.9. The molecule has 0 bridgehead atoms. The van der Waals surface area contributed by atoms with Crippen LogP contribution in [0.4, 0.5) is 0 Å². The van der Waals surface area contributed by atoms with Crippen LogP contribution in [0.25, 0.3) is 0 Å². The van der Waals surface area contributed by atoms with E-state index in [1.807, 2.05) is 39.0 Å². The maximum atomic E-state index is 8.92. The first-order chi connectivity index (χ1) is 10.7. The maximum Gasteiger partial charge on any atom is 0.500 e. The molecule has 0 atom stereocenters. The minimum Gasteiger partial charge on any atom is -0.374 e. The van der Waals surface area contributed by atoms with Crippen molar-refractivity contribution < 1.29 is 13.3 Å². The molecular weight excluding hydrogens is 294 g/mol. The van der Waals surface area contributed by atoms with E-state index in [0.717, 1.165) is 30.9 Å². The van der Waals surface area contributed by atoms with Gasteiger partial charge in [-0.1, -0.05) is 12.1 Å². The van der Waals surface area contributed by atoms with E-state index in [4.69, 9.17) is 18.5 Å². The van der Waals surface area contributed by atoms with E-state index in [1.54, 1.807) is 0 Å². The molecule has 4 nitrogen and oxygen atoms in total. The average molecular weight is 321 g/mol. The molecule has 5 heteroatoms. The molecule has 0 fully saturated rings. The van der Waals surface area contributed by atoms with E-state index in [0.29, 0.717) is 19.8 Å². The lowest BCUT2D eigenvalue weighted by Gasteiger charge is -2.28. The SMILES string of the molecule is CCO[Si](CCCCc1cccc(C#N)c1)(OCC)OCC. The second-order valence-electron chi connectivity index (χ2n) is 5.00. The summed E-state index contributed by atoms with van der Waals surface area (Å²) in [6.45, 7) is 7.80. The van der Waals surface area contributed by atoms with Gasteiger partial charge in [-0.3, -0.25) is 0 Å². The standard InChI is InChI=1S/C17H27NO3Si/c1-4-19-22(20-5-2,21-6-3)13-8-7-10-16-11-9-12-17(14-16)15-18/h9,11-12,14H,4-8,10,13H2,1-3H3. The lowest BCUT2D eigenvalue weighted by molar-refractivity contribution is 0.0707. The molecule has 0 saturated carbocycles. The molecule has 0 spiro atoms. The molecule has 1 rings (SSSR count). The Balaban J connectivity index is 2.49. The van der Waals surface area contributed by atoms with E-state index in [-0.39, 0.29) is 0 Å². The third-order valence-corrected chi connectivity index (χ3v) is 6.50. The second kappa shape index (κ2) is 10.5. The number of nitriles is 1. The normalized spacial score (nSPS) is 11.4. The minimum atomic E-state index is -2.50. The number of hydrogen-bond donors (Lipinski definition) is 0. The molecule has 0 aliphatic heterocycles. The summed E-state index contributed by atoms with van der Waals surface area (Å²) in [5.74, 6) is 0. The zero-order chi connectivity index (χ0) is 16.3. The third-order valence-electron chi connectivity index (χ3n) is 3.35. The fourth-order valence-electron chi connectivity index (χ4n) is 2.47. The van der Waals surface area contributed by atoms with Gasteiger partial charge in [-0.25, -0.2) is 0 Å². The van der Waals surface area contributed by atoms with Crippen LogP contribution < -0.4 is 0 Å². The van der Waals surface area contributed by atoms with Gasteiger partial charge >= 0.3 is 8.80 Å². The molecule has 0 saturated heterocycles. The molecular formula is C17H27NO3Si. The number of nitrogens with zero attached hydrogens (tertiary/aromatic N) is 1. The summed E-state index contributed by atoms with van der Waals surface area (Å²) in [5, 5.41) is 8.92. The molecule has 0 radical (unpaired) electrons. The van der Waals surface area contributed by atoms with E-state index < -0.39 is 8.80 Å². The van der Waals surface area contributed by atoms with Gasteiger partial charge in [0.25, 0.3) is 0 Å². The summed E-state index contributed by atoms with van der Waals surface area (Å²) in [4.78, 5) is 0. The van der Waals surface area contributed by atoms with Gasteiger partial charge in [0, 0.05) is 25.9 Å². The highest BCUT2D eigenvalue weighted by molar-refractivity contribution is 6.60. The number of benzene rings is 1. The first kappa shape index (κ1) is 18.9. The molecule has 0 aromatic heterocycles. The predicted molar refractivity (Wildman–Crippen MR) is 89.5 cm³/mol. The minimum absolute atomic E-state index is 0.621. The highest BCUT2D eigenvalue weighted by Gasteiger charge is 2.39. The maximum absolute atomic E-state index is 8.92. The van der Waals surface area contributed by atoms with Crippen LogP contribution in [0.15, 0.2) is 24.3 Å². The van der Waals surface area contributed by atoms with Crippen molar-refractivity contribution >= 4 is 8.80 Å². The Morgan fingerprint density at radius 3 is 2.18 bits per heavy atom. The first-order valence-corrected chi connectivity index (χ1v) is 10.0. The quantitative estimate of drug-likeness (QED) is 0.458. The molecule has 0 unspecified atom stereocenters. The lowest BCUT2D eigenvalue weighted by atomic mass is 10.1. The van der Waals surface area contributed by atoms with Crippen LogP contribution in [0.5, 0.6) is 0 Å². The van der Waals surface area contributed by atoms with Crippen molar-refractivity contribution in [1.82, 2.24) is 0 Å². The molecule has 0 amide bonds. The van der Waals surface area contributed by atoms with Gasteiger partial charge in [0.15, 0.2) is 0 Å². The fourth-order valence-corrected chi connectivity index (χ4v) is 5.15. The zero-order valence-corrected chi connectivity index (χ0v) is 14.9. The highest BCUT2D eigenvalue weighted by Crippen LogP contribution is 2.20. The van der Waals surface area contributed by atoms with Crippen LogP contribution in [-0.2, 0) is 19.7 Å². The Kier molecular flexibility index (Phi) is 9.02. The van der Waals surface area contributed by atoms with Crippen molar-refractivity contribution in [3.63, 3.8) is 0 Å². The van der Waals surface area contributed by atoms with Crippen molar-refractivity contribution in [3.8, 4) is 6.07 Å². The summed E-state index contributed by atoms with van der Waals surface area (Å²) in [6.07, 6.45) is 3.00.